The molecule has 0 aliphatic rings. The zero-order valence-corrected chi connectivity index (χ0v) is 16.5. The van der Waals surface area contributed by atoms with Gasteiger partial charge in [0.1, 0.15) is 0 Å². The minimum Gasteiger partial charge on any atom is -0.455 e. The predicted octanol–water partition coefficient (Wildman–Crippen LogP) is 3.12. The number of nitro groups is 1. The Morgan fingerprint density at radius 1 is 1.10 bits per heavy atom. The third kappa shape index (κ3) is 4.88. The van der Waals surface area contributed by atoms with Gasteiger partial charge in [-0.15, -0.1) is 0 Å². The van der Waals surface area contributed by atoms with Gasteiger partial charge in [0.2, 0.25) is 0 Å². The number of non-ortho nitro benzene ring substituents is 1. The molecule has 3 aromatic rings. The summed E-state index contributed by atoms with van der Waals surface area (Å²) >= 11 is 0. The Balaban J connectivity index is 1.56. The highest BCUT2D eigenvalue weighted by Gasteiger charge is 2.17. The molecule has 0 radical (unpaired) electrons. The van der Waals surface area contributed by atoms with Gasteiger partial charge in [-0.05, 0) is 38.1 Å². The molecule has 1 N–H and O–H groups in total. The molecule has 1 aromatic heterocycles. The fourth-order valence-electron chi connectivity index (χ4n) is 2.96. The molecule has 1 amide bonds. The summed E-state index contributed by atoms with van der Waals surface area (Å²) in [5, 5.41) is 17.7. The standard InChI is InChI=1S/C21H20N4O5/c1-14-19(15(2)24(23-14)17-6-4-3-5-7-17)12-21(27)30-13-20(26)22-16-8-10-18(11-9-16)25(28)29/h3-11H,12-13H2,1-2H3,(H,22,26). The first-order valence-corrected chi connectivity index (χ1v) is 9.15. The van der Waals surface area contributed by atoms with E-state index < -0.39 is 23.4 Å². The number of benzene rings is 2. The average Bonchev–Trinajstić information content (AvgIpc) is 3.01. The van der Waals surface area contributed by atoms with Gasteiger partial charge in [-0.3, -0.25) is 19.7 Å². The zero-order chi connectivity index (χ0) is 21.7. The second-order valence-corrected chi connectivity index (χ2v) is 6.59. The predicted molar refractivity (Wildman–Crippen MR) is 109 cm³/mol. The molecular formula is C21H20N4O5. The molecule has 1 heterocycles. The van der Waals surface area contributed by atoms with E-state index in [1.165, 1.54) is 24.3 Å². The van der Waals surface area contributed by atoms with Crippen LogP contribution in [0.1, 0.15) is 17.0 Å². The van der Waals surface area contributed by atoms with Crippen molar-refractivity contribution in [2.45, 2.75) is 20.3 Å². The lowest BCUT2D eigenvalue weighted by Gasteiger charge is -2.07. The Labute approximate surface area is 172 Å². The largest absolute Gasteiger partial charge is 0.455 e. The molecule has 0 bridgehead atoms. The second kappa shape index (κ2) is 8.99. The fourth-order valence-corrected chi connectivity index (χ4v) is 2.96. The first-order valence-electron chi connectivity index (χ1n) is 9.15. The summed E-state index contributed by atoms with van der Waals surface area (Å²) in [5.74, 6) is -1.08. The van der Waals surface area contributed by atoms with Gasteiger partial charge in [-0.2, -0.15) is 5.10 Å². The summed E-state index contributed by atoms with van der Waals surface area (Å²) < 4.78 is 6.83. The number of hydrogen-bond acceptors (Lipinski definition) is 6. The lowest BCUT2D eigenvalue weighted by molar-refractivity contribution is -0.384. The van der Waals surface area contributed by atoms with Crippen molar-refractivity contribution in [1.29, 1.82) is 0 Å². The van der Waals surface area contributed by atoms with E-state index in [1.54, 1.807) is 4.68 Å². The van der Waals surface area contributed by atoms with Crippen LogP contribution in [0, 0.1) is 24.0 Å². The number of nitrogens with one attached hydrogen (secondary N) is 1. The molecule has 0 fully saturated rings. The number of anilines is 1. The minimum absolute atomic E-state index is 0.00465. The number of rotatable bonds is 7. The number of ether oxygens (including phenoxy) is 1. The summed E-state index contributed by atoms with van der Waals surface area (Å²) in [4.78, 5) is 34.3. The summed E-state index contributed by atoms with van der Waals surface area (Å²) in [6.45, 7) is 3.23. The van der Waals surface area contributed by atoms with Crippen LogP contribution >= 0.6 is 0 Å². The number of nitrogens with zero attached hydrogens (tertiary/aromatic N) is 3. The van der Waals surface area contributed by atoms with E-state index in [0.717, 1.165) is 16.9 Å². The van der Waals surface area contributed by atoms with E-state index in [4.69, 9.17) is 4.74 Å². The molecule has 0 aliphatic carbocycles. The average molecular weight is 408 g/mol. The van der Waals surface area contributed by atoms with Gasteiger partial charge in [-0.25, -0.2) is 4.68 Å². The van der Waals surface area contributed by atoms with Gasteiger partial charge in [0.05, 0.1) is 22.7 Å². The smallest absolute Gasteiger partial charge is 0.310 e. The normalized spacial score (nSPS) is 10.5. The highest BCUT2D eigenvalue weighted by atomic mass is 16.6. The van der Waals surface area contributed by atoms with E-state index in [-0.39, 0.29) is 12.1 Å². The highest BCUT2D eigenvalue weighted by Crippen LogP contribution is 2.19. The maximum Gasteiger partial charge on any atom is 0.310 e. The van der Waals surface area contributed by atoms with Crippen LogP contribution < -0.4 is 5.32 Å². The van der Waals surface area contributed by atoms with E-state index in [9.17, 15) is 19.7 Å². The van der Waals surface area contributed by atoms with Crippen LogP contribution in [0.2, 0.25) is 0 Å². The van der Waals surface area contributed by atoms with Crippen LogP contribution in [0.5, 0.6) is 0 Å². The van der Waals surface area contributed by atoms with E-state index in [0.29, 0.717) is 11.4 Å². The van der Waals surface area contributed by atoms with Crippen molar-refractivity contribution in [2.24, 2.45) is 0 Å². The Hall–Kier alpha value is -4.01. The number of aryl methyl sites for hydroxylation is 1. The van der Waals surface area contributed by atoms with Gasteiger partial charge in [0, 0.05) is 29.1 Å². The van der Waals surface area contributed by atoms with E-state index in [2.05, 4.69) is 10.4 Å². The molecular weight excluding hydrogens is 388 g/mol. The van der Waals surface area contributed by atoms with Crippen molar-refractivity contribution in [2.75, 3.05) is 11.9 Å². The lowest BCUT2D eigenvalue weighted by atomic mass is 10.1. The number of carbonyl (C=O) groups excluding carboxylic acids is 2. The van der Waals surface area contributed by atoms with Crippen LogP contribution in [0.15, 0.2) is 54.6 Å². The molecule has 30 heavy (non-hydrogen) atoms. The molecule has 0 saturated carbocycles. The molecule has 154 valence electrons. The van der Waals surface area contributed by atoms with Crippen molar-refractivity contribution in [3.8, 4) is 5.69 Å². The molecule has 9 heteroatoms. The molecule has 0 saturated heterocycles. The monoisotopic (exact) mass is 408 g/mol. The number of carbonyl (C=O) groups is 2. The van der Waals surface area contributed by atoms with Crippen molar-refractivity contribution >= 4 is 23.3 Å². The van der Waals surface area contributed by atoms with Crippen LogP contribution in [-0.2, 0) is 20.7 Å². The first-order chi connectivity index (χ1) is 14.3. The Bertz CT molecular complexity index is 1070. The quantitative estimate of drug-likeness (QED) is 0.365. The van der Waals surface area contributed by atoms with Crippen molar-refractivity contribution in [1.82, 2.24) is 9.78 Å². The third-order valence-corrected chi connectivity index (χ3v) is 4.49. The molecule has 3 rings (SSSR count). The lowest BCUT2D eigenvalue weighted by Crippen LogP contribution is -2.21. The topological polar surface area (TPSA) is 116 Å². The third-order valence-electron chi connectivity index (χ3n) is 4.49. The Morgan fingerprint density at radius 3 is 2.40 bits per heavy atom. The number of hydrogen-bond donors (Lipinski definition) is 1. The van der Waals surface area contributed by atoms with Crippen molar-refractivity contribution < 1.29 is 19.2 Å². The Morgan fingerprint density at radius 2 is 1.77 bits per heavy atom. The summed E-state index contributed by atoms with van der Waals surface area (Å²) in [5.41, 5.74) is 3.47. The van der Waals surface area contributed by atoms with Gasteiger partial charge in [0.25, 0.3) is 11.6 Å². The van der Waals surface area contributed by atoms with Crippen molar-refractivity contribution in [3.63, 3.8) is 0 Å². The first kappa shape index (κ1) is 20.7. The van der Waals surface area contributed by atoms with Gasteiger partial charge in [0.15, 0.2) is 6.61 Å². The summed E-state index contributed by atoms with van der Waals surface area (Å²) in [6.07, 6.45) is -0.00465. The maximum absolute atomic E-state index is 12.2. The summed E-state index contributed by atoms with van der Waals surface area (Å²) in [7, 11) is 0. The number of esters is 1. The van der Waals surface area contributed by atoms with E-state index >= 15 is 0 Å². The number of amides is 1. The molecule has 0 atom stereocenters. The molecule has 9 nitrogen and oxygen atoms in total. The molecule has 0 aliphatic heterocycles. The molecule has 2 aromatic carbocycles. The molecule has 0 spiro atoms. The van der Waals surface area contributed by atoms with Crippen LogP contribution in [0.25, 0.3) is 5.69 Å². The SMILES string of the molecule is Cc1nn(-c2ccccc2)c(C)c1CC(=O)OCC(=O)Nc1ccc([N+](=O)[O-])cc1. The minimum atomic E-state index is -0.548. The van der Waals surface area contributed by atoms with Gasteiger partial charge < -0.3 is 10.1 Å². The van der Waals surface area contributed by atoms with Crippen LogP contribution in [0.4, 0.5) is 11.4 Å². The Kier molecular flexibility index (Phi) is 6.21. The highest BCUT2D eigenvalue weighted by molar-refractivity contribution is 5.93. The number of para-hydroxylation sites is 1. The zero-order valence-electron chi connectivity index (χ0n) is 16.5. The number of nitro benzene ring substituents is 1. The second-order valence-electron chi connectivity index (χ2n) is 6.59. The van der Waals surface area contributed by atoms with E-state index in [1.807, 2.05) is 44.2 Å². The molecule has 0 unspecified atom stereocenters. The van der Waals surface area contributed by atoms with Gasteiger partial charge >= 0.3 is 5.97 Å². The van der Waals surface area contributed by atoms with Crippen LogP contribution in [-0.4, -0.2) is 33.2 Å². The van der Waals surface area contributed by atoms with Crippen molar-refractivity contribution in [3.05, 3.63) is 81.7 Å². The van der Waals surface area contributed by atoms with Crippen LogP contribution in [0.3, 0.4) is 0 Å². The summed E-state index contributed by atoms with van der Waals surface area (Å²) in [6, 6.07) is 14.9. The van der Waals surface area contributed by atoms with Gasteiger partial charge in [-0.1, -0.05) is 18.2 Å². The fraction of sp³-hybridized carbons (Fsp3) is 0.190. The number of aromatic nitrogens is 2. The maximum atomic E-state index is 12.2.